The molecule has 142 valence electrons. The number of halogens is 5. The molecule has 0 saturated heterocycles. The van der Waals surface area contributed by atoms with Gasteiger partial charge in [0.05, 0.1) is 17.3 Å². The molecular formula is C16H17Cl2F3N4O. The predicted octanol–water partition coefficient (Wildman–Crippen LogP) is 4.21. The van der Waals surface area contributed by atoms with Crippen molar-refractivity contribution < 1.29 is 18.0 Å². The molecule has 2 aromatic rings. The van der Waals surface area contributed by atoms with Crippen molar-refractivity contribution in [3.8, 4) is 0 Å². The number of anilines is 1. The highest BCUT2D eigenvalue weighted by Gasteiger charge is 2.28. The first-order valence-electron chi connectivity index (χ1n) is 7.64. The van der Waals surface area contributed by atoms with Crippen molar-refractivity contribution in [3.05, 3.63) is 46.5 Å². The van der Waals surface area contributed by atoms with Gasteiger partial charge in [0.2, 0.25) is 5.91 Å². The molecule has 1 amide bonds. The highest BCUT2D eigenvalue weighted by atomic mass is 35.5. The summed E-state index contributed by atoms with van der Waals surface area (Å²) in [6.45, 7) is -0.568. The Morgan fingerprint density at radius 2 is 2.08 bits per heavy atom. The van der Waals surface area contributed by atoms with E-state index in [-0.39, 0.29) is 24.7 Å². The summed E-state index contributed by atoms with van der Waals surface area (Å²) in [5.41, 5.74) is 0.410. The van der Waals surface area contributed by atoms with Crippen LogP contribution in [-0.2, 0) is 17.9 Å². The Hall–Kier alpha value is -1.77. The van der Waals surface area contributed by atoms with Gasteiger partial charge in [-0.2, -0.15) is 13.2 Å². The number of alkyl halides is 3. The van der Waals surface area contributed by atoms with Crippen LogP contribution in [0.1, 0.15) is 12.2 Å². The molecule has 0 saturated carbocycles. The molecule has 0 unspecified atom stereocenters. The van der Waals surface area contributed by atoms with Gasteiger partial charge in [0.15, 0.2) is 0 Å². The lowest BCUT2D eigenvalue weighted by atomic mass is 10.3. The van der Waals surface area contributed by atoms with E-state index < -0.39 is 12.7 Å². The SMILES string of the molecule is CN(CCC(=O)Nc1cc(Cl)ccc1Cl)Cc1nccn1CC(F)(F)F. The molecule has 26 heavy (non-hydrogen) atoms. The number of nitrogens with zero attached hydrogens (tertiary/aromatic N) is 3. The fourth-order valence-corrected chi connectivity index (χ4v) is 2.58. The Morgan fingerprint density at radius 3 is 2.77 bits per heavy atom. The van der Waals surface area contributed by atoms with Crippen molar-refractivity contribution in [2.75, 3.05) is 18.9 Å². The minimum atomic E-state index is -4.32. The molecule has 0 atom stereocenters. The van der Waals surface area contributed by atoms with E-state index in [9.17, 15) is 18.0 Å². The van der Waals surface area contributed by atoms with E-state index in [4.69, 9.17) is 23.2 Å². The molecule has 0 aliphatic heterocycles. The molecule has 0 aliphatic rings. The Labute approximate surface area is 158 Å². The third-order valence-corrected chi connectivity index (χ3v) is 4.05. The number of carbonyl (C=O) groups excluding carboxylic acids is 1. The minimum Gasteiger partial charge on any atom is -0.325 e. The number of aromatic nitrogens is 2. The molecule has 0 fully saturated rings. The average Bonchev–Trinajstić information content (AvgIpc) is 2.94. The second-order valence-corrected chi connectivity index (χ2v) is 6.59. The van der Waals surface area contributed by atoms with E-state index in [0.717, 1.165) is 4.57 Å². The standard InChI is InChI=1S/C16H17Cl2F3N4O/c1-24(9-14-22-5-7-25(14)10-16(19,20)21)6-4-15(26)23-13-8-11(17)2-3-12(13)18/h2-3,5,7-8H,4,6,9-10H2,1H3,(H,23,26). The summed E-state index contributed by atoms with van der Waals surface area (Å²) in [5.74, 6) is 0.00256. The Kier molecular flexibility index (Phi) is 6.91. The fourth-order valence-electron chi connectivity index (χ4n) is 2.25. The summed E-state index contributed by atoms with van der Waals surface area (Å²) in [6, 6.07) is 4.72. The zero-order valence-electron chi connectivity index (χ0n) is 13.9. The first kappa shape index (κ1) is 20.5. The van der Waals surface area contributed by atoms with E-state index in [1.54, 1.807) is 30.1 Å². The van der Waals surface area contributed by atoms with Gasteiger partial charge in [-0.05, 0) is 25.2 Å². The molecule has 1 aromatic carbocycles. The van der Waals surface area contributed by atoms with Crippen LogP contribution < -0.4 is 5.32 Å². The van der Waals surface area contributed by atoms with Gasteiger partial charge in [-0.3, -0.25) is 9.69 Å². The summed E-state index contributed by atoms with van der Waals surface area (Å²) in [4.78, 5) is 17.7. The Morgan fingerprint density at radius 1 is 1.35 bits per heavy atom. The van der Waals surface area contributed by atoms with E-state index in [0.29, 0.717) is 22.3 Å². The maximum Gasteiger partial charge on any atom is 0.406 e. The van der Waals surface area contributed by atoms with Gasteiger partial charge in [-0.15, -0.1) is 0 Å². The monoisotopic (exact) mass is 408 g/mol. The van der Waals surface area contributed by atoms with Crippen molar-refractivity contribution in [1.82, 2.24) is 14.5 Å². The van der Waals surface area contributed by atoms with Crippen LogP contribution in [0.25, 0.3) is 0 Å². The third kappa shape index (κ3) is 6.51. The van der Waals surface area contributed by atoms with E-state index in [1.165, 1.54) is 12.4 Å². The smallest absolute Gasteiger partial charge is 0.325 e. The van der Waals surface area contributed by atoms with E-state index in [2.05, 4.69) is 10.3 Å². The van der Waals surface area contributed by atoms with Gasteiger partial charge >= 0.3 is 6.18 Å². The number of hydrogen-bond donors (Lipinski definition) is 1. The van der Waals surface area contributed by atoms with Crippen molar-refractivity contribution in [2.24, 2.45) is 0 Å². The minimum absolute atomic E-state index is 0.138. The second-order valence-electron chi connectivity index (χ2n) is 5.75. The lowest BCUT2D eigenvalue weighted by Gasteiger charge is -2.18. The van der Waals surface area contributed by atoms with Crippen molar-refractivity contribution in [3.63, 3.8) is 0 Å². The topological polar surface area (TPSA) is 50.2 Å². The summed E-state index contributed by atoms with van der Waals surface area (Å²) in [6.07, 6.45) is -1.57. The molecule has 0 bridgehead atoms. The Bertz CT molecular complexity index is 764. The zero-order chi connectivity index (χ0) is 19.3. The number of imidazole rings is 1. The summed E-state index contributed by atoms with van der Waals surface area (Å²) >= 11 is 11.8. The van der Waals surface area contributed by atoms with Crippen LogP contribution >= 0.6 is 23.2 Å². The molecule has 0 radical (unpaired) electrons. The summed E-state index contributed by atoms with van der Waals surface area (Å²) in [5, 5.41) is 3.47. The quantitative estimate of drug-likeness (QED) is 0.746. The van der Waals surface area contributed by atoms with E-state index in [1.807, 2.05) is 0 Å². The van der Waals surface area contributed by atoms with Crippen LogP contribution in [0.4, 0.5) is 18.9 Å². The van der Waals surface area contributed by atoms with Gasteiger partial charge in [-0.25, -0.2) is 4.98 Å². The first-order valence-corrected chi connectivity index (χ1v) is 8.40. The van der Waals surface area contributed by atoms with E-state index >= 15 is 0 Å². The zero-order valence-corrected chi connectivity index (χ0v) is 15.4. The van der Waals surface area contributed by atoms with Crippen LogP contribution in [-0.4, -0.2) is 40.1 Å². The molecule has 2 rings (SSSR count). The molecule has 1 heterocycles. The third-order valence-electron chi connectivity index (χ3n) is 3.49. The molecule has 1 aromatic heterocycles. The first-order chi connectivity index (χ1) is 12.1. The average molecular weight is 409 g/mol. The van der Waals surface area contributed by atoms with Crippen LogP contribution in [0.2, 0.25) is 10.0 Å². The van der Waals surface area contributed by atoms with Crippen LogP contribution in [0, 0.1) is 0 Å². The van der Waals surface area contributed by atoms with Crippen molar-refractivity contribution >= 4 is 34.8 Å². The van der Waals surface area contributed by atoms with Gasteiger partial charge in [-0.1, -0.05) is 23.2 Å². The lowest BCUT2D eigenvalue weighted by Crippen LogP contribution is -2.27. The molecule has 0 spiro atoms. The molecule has 0 aliphatic carbocycles. The number of amides is 1. The molecular weight excluding hydrogens is 392 g/mol. The van der Waals surface area contributed by atoms with Crippen LogP contribution in [0.3, 0.4) is 0 Å². The number of benzene rings is 1. The molecule has 1 N–H and O–H groups in total. The fraction of sp³-hybridized carbons (Fsp3) is 0.375. The molecule has 5 nitrogen and oxygen atoms in total. The van der Waals surface area contributed by atoms with Crippen molar-refractivity contribution in [1.29, 1.82) is 0 Å². The number of hydrogen-bond acceptors (Lipinski definition) is 3. The van der Waals surface area contributed by atoms with Gasteiger partial charge in [0.25, 0.3) is 0 Å². The van der Waals surface area contributed by atoms with Gasteiger partial charge < -0.3 is 9.88 Å². The normalized spacial score (nSPS) is 11.8. The highest BCUT2D eigenvalue weighted by Crippen LogP contribution is 2.25. The van der Waals surface area contributed by atoms with Crippen LogP contribution in [0.5, 0.6) is 0 Å². The summed E-state index contributed by atoms with van der Waals surface area (Å²) in [7, 11) is 1.70. The van der Waals surface area contributed by atoms with Crippen LogP contribution in [0.15, 0.2) is 30.6 Å². The van der Waals surface area contributed by atoms with Gasteiger partial charge in [0.1, 0.15) is 12.4 Å². The summed E-state index contributed by atoms with van der Waals surface area (Å²) < 4.78 is 38.6. The number of nitrogens with one attached hydrogen (secondary N) is 1. The maximum atomic E-state index is 12.5. The second kappa shape index (κ2) is 8.75. The molecule has 10 heteroatoms. The highest BCUT2D eigenvalue weighted by molar-refractivity contribution is 6.35. The van der Waals surface area contributed by atoms with Gasteiger partial charge in [0, 0.05) is 30.4 Å². The largest absolute Gasteiger partial charge is 0.406 e. The number of carbonyl (C=O) groups is 1. The lowest BCUT2D eigenvalue weighted by molar-refractivity contribution is -0.141. The Balaban J connectivity index is 1.85. The number of rotatable bonds is 7. The predicted molar refractivity (Wildman–Crippen MR) is 94.3 cm³/mol. The maximum absolute atomic E-state index is 12.5. The van der Waals surface area contributed by atoms with Crippen molar-refractivity contribution in [2.45, 2.75) is 25.7 Å².